The zero-order valence-electron chi connectivity index (χ0n) is 11.0. The molecule has 0 N–H and O–H groups in total. The number of ketones is 1. The molecule has 1 aromatic carbocycles. The minimum atomic E-state index is -0.202. The second kappa shape index (κ2) is 5.57. The summed E-state index contributed by atoms with van der Waals surface area (Å²) in [5, 5.41) is 0. The maximum atomic E-state index is 11.9. The molecule has 3 heteroatoms. The van der Waals surface area contributed by atoms with Crippen molar-refractivity contribution in [1.82, 2.24) is 0 Å². The number of carbonyl (C=O) groups is 2. The molecule has 0 heterocycles. The first-order valence-electron chi connectivity index (χ1n) is 6.13. The average Bonchev–Trinajstić information content (AvgIpc) is 2.37. The third kappa shape index (κ3) is 3.35. The molecule has 96 valence electrons. The van der Waals surface area contributed by atoms with Gasteiger partial charge < -0.3 is 0 Å². The second-order valence-corrected chi connectivity index (χ2v) is 4.57. The van der Waals surface area contributed by atoms with Crippen LogP contribution < -0.4 is 0 Å². The van der Waals surface area contributed by atoms with Crippen molar-refractivity contribution in [3.8, 4) is 0 Å². The molecule has 0 atom stereocenters. The van der Waals surface area contributed by atoms with E-state index >= 15 is 0 Å². The number of amides is 1. The second-order valence-electron chi connectivity index (χ2n) is 4.57. The van der Waals surface area contributed by atoms with E-state index < -0.39 is 0 Å². The monoisotopic (exact) mass is 253 g/mol. The summed E-state index contributed by atoms with van der Waals surface area (Å²) >= 11 is 0. The molecular formula is C16H15NO2. The SMILES string of the molecule is CC1=CC(=NC(=O)Cc2ccccc2)C(C)=CC1=O. The normalized spacial score (nSPS) is 17.2. The first-order chi connectivity index (χ1) is 9.06. The molecule has 3 nitrogen and oxygen atoms in total. The van der Waals surface area contributed by atoms with Gasteiger partial charge in [0.2, 0.25) is 0 Å². The van der Waals surface area contributed by atoms with E-state index in [4.69, 9.17) is 0 Å². The van der Waals surface area contributed by atoms with Crippen LogP contribution in [-0.4, -0.2) is 17.4 Å². The van der Waals surface area contributed by atoms with Gasteiger partial charge in [0.15, 0.2) is 5.78 Å². The van der Waals surface area contributed by atoms with Crippen LogP contribution in [0.2, 0.25) is 0 Å². The van der Waals surface area contributed by atoms with Gasteiger partial charge in [-0.1, -0.05) is 30.3 Å². The predicted octanol–water partition coefficient (Wildman–Crippen LogP) is 2.67. The van der Waals surface area contributed by atoms with Gasteiger partial charge in [-0.3, -0.25) is 9.59 Å². The summed E-state index contributed by atoms with van der Waals surface area (Å²) in [5.74, 6) is -0.223. The highest BCUT2D eigenvalue weighted by Crippen LogP contribution is 2.12. The van der Waals surface area contributed by atoms with E-state index in [1.807, 2.05) is 30.3 Å². The number of rotatable bonds is 2. The lowest BCUT2D eigenvalue weighted by Gasteiger charge is -2.08. The van der Waals surface area contributed by atoms with Crippen LogP contribution in [0.15, 0.2) is 58.6 Å². The molecule has 0 bridgehead atoms. The molecule has 0 saturated carbocycles. The Kier molecular flexibility index (Phi) is 3.85. The van der Waals surface area contributed by atoms with Gasteiger partial charge in [-0.2, -0.15) is 0 Å². The van der Waals surface area contributed by atoms with Crippen molar-refractivity contribution in [2.24, 2.45) is 4.99 Å². The highest BCUT2D eigenvalue weighted by molar-refractivity contribution is 6.23. The molecule has 0 unspecified atom stereocenters. The van der Waals surface area contributed by atoms with Gasteiger partial charge in [0.1, 0.15) is 0 Å². The van der Waals surface area contributed by atoms with Gasteiger partial charge in [0.25, 0.3) is 5.91 Å². The Labute approximate surface area is 112 Å². The van der Waals surface area contributed by atoms with Crippen LogP contribution in [0.5, 0.6) is 0 Å². The van der Waals surface area contributed by atoms with Gasteiger partial charge in [-0.05, 0) is 42.7 Å². The van der Waals surface area contributed by atoms with Crippen molar-refractivity contribution in [3.05, 3.63) is 59.2 Å². The minimum Gasteiger partial charge on any atom is -0.290 e. The van der Waals surface area contributed by atoms with E-state index in [0.717, 1.165) is 11.1 Å². The Morgan fingerprint density at radius 3 is 2.42 bits per heavy atom. The van der Waals surface area contributed by atoms with E-state index in [1.165, 1.54) is 6.08 Å². The van der Waals surface area contributed by atoms with Crippen molar-refractivity contribution < 1.29 is 9.59 Å². The van der Waals surface area contributed by atoms with Gasteiger partial charge >= 0.3 is 0 Å². The maximum absolute atomic E-state index is 11.9. The molecule has 0 aromatic heterocycles. The Morgan fingerprint density at radius 2 is 1.74 bits per heavy atom. The fourth-order valence-electron chi connectivity index (χ4n) is 1.84. The Bertz CT molecular complexity index is 607. The standard InChI is InChI=1S/C16H15NO2/c1-11-9-15(18)12(2)8-14(11)17-16(19)10-13-6-4-3-5-7-13/h3-9H,10H2,1-2H3. The fourth-order valence-corrected chi connectivity index (χ4v) is 1.84. The summed E-state index contributed by atoms with van der Waals surface area (Å²) in [6, 6.07) is 9.48. The fraction of sp³-hybridized carbons (Fsp3) is 0.188. The van der Waals surface area contributed by atoms with E-state index in [-0.39, 0.29) is 18.1 Å². The molecule has 2 rings (SSSR count). The third-order valence-electron chi connectivity index (χ3n) is 2.94. The van der Waals surface area contributed by atoms with Gasteiger partial charge in [-0.15, -0.1) is 0 Å². The van der Waals surface area contributed by atoms with Crippen LogP contribution in [0.1, 0.15) is 19.4 Å². The number of hydrogen-bond acceptors (Lipinski definition) is 2. The van der Waals surface area contributed by atoms with Crippen LogP contribution in [0.4, 0.5) is 0 Å². The zero-order valence-corrected chi connectivity index (χ0v) is 11.0. The molecule has 0 fully saturated rings. The van der Waals surface area contributed by atoms with Crippen molar-refractivity contribution in [3.63, 3.8) is 0 Å². The molecule has 1 aliphatic carbocycles. The molecule has 0 aliphatic heterocycles. The average molecular weight is 253 g/mol. The van der Waals surface area contributed by atoms with Crippen LogP contribution in [0.3, 0.4) is 0 Å². The van der Waals surface area contributed by atoms with Crippen molar-refractivity contribution in [1.29, 1.82) is 0 Å². The number of allylic oxidation sites excluding steroid dienone is 4. The Hall–Kier alpha value is -2.29. The van der Waals surface area contributed by atoms with Gasteiger partial charge in [0.05, 0.1) is 12.1 Å². The highest BCUT2D eigenvalue weighted by Gasteiger charge is 2.13. The van der Waals surface area contributed by atoms with Crippen LogP contribution in [0, 0.1) is 0 Å². The van der Waals surface area contributed by atoms with E-state index in [9.17, 15) is 9.59 Å². The molecule has 0 saturated heterocycles. The van der Waals surface area contributed by atoms with Crippen molar-refractivity contribution >= 4 is 17.4 Å². The summed E-state index contributed by atoms with van der Waals surface area (Å²) in [5.41, 5.74) is 2.86. The van der Waals surface area contributed by atoms with Gasteiger partial charge in [-0.25, -0.2) is 4.99 Å². The molecule has 1 aromatic rings. The van der Waals surface area contributed by atoms with Gasteiger partial charge in [0, 0.05) is 0 Å². The zero-order chi connectivity index (χ0) is 13.8. The summed E-state index contributed by atoms with van der Waals surface area (Å²) in [6.07, 6.45) is 3.46. The lowest BCUT2D eigenvalue weighted by molar-refractivity contribution is -0.117. The highest BCUT2D eigenvalue weighted by atomic mass is 16.1. The number of aliphatic imine (C=N–C) groups is 1. The van der Waals surface area contributed by atoms with Crippen LogP contribution in [0.25, 0.3) is 0 Å². The molecular weight excluding hydrogens is 238 g/mol. The lowest BCUT2D eigenvalue weighted by atomic mass is 9.98. The first-order valence-corrected chi connectivity index (χ1v) is 6.13. The first kappa shape index (κ1) is 13.1. The molecule has 0 spiro atoms. The molecule has 19 heavy (non-hydrogen) atoms. The van der Waals surface area contributed by atoms with Crippen LogP contribution in [-0.2, 0) is 16.0 Å². The number of benzene rings is 1. The molecule has 1 amide bonds. The predicted molar refractivity (Wildman–Crippen MR) is 75.1 cm³/mol. The van der Waals surface area contributed by atoms with Crippen molar-refractivity contribution in [2.75, 3.05) is 0 Å². The van der Waals surface area contributed by atoms with Crippen molar-refractivity contribution in [2.45, 2.75) is 20.3 Å². The van der Waals surface area contributed by atoms with E-state index in [0.29, 0.717) is 11.3 Å². The van der Waals surface area contributed by atoms with Crippen LogP contribution >= 0.6 is 0 Å². The van der Waals surface area contributed by atoms with E-state index in [1.54, 1.807) is 19.9 Å². The number of hydrogen-bond donors (Lipinski definition) is 0. The topological polar surface area (TPSA) is 46.5 Å². The molecule has 0 radical (unpaired) electrons. The summed E-state index contributed by atoms with van der Waals surface area (Å²) in [7, 11) is 0. The maximum Gasteiger partial charge on any atom is 0.250 e. The van der Waals surface area contributed by atoms with E-state index in [2.05, 4.69) is 4.99 Å². The summed E-state index contributed by atoms with van der Waals surface area (Å²) < 4.78 is 0. The summed E-state index contributed by atoms with van der Waals surface area (Å²) in [4.78, 5) is 27.4. The minimum absolute atomic E-state index is 0.0213. The smallest absolute Gasteiger partial charge is 0.250 e. The lowest BCUT2D eigenvalue weighted by Crippen LogP contribution is -2.12. The Balaban J connectivity index is 2.16. The Morgan fingerprint density at radius 1 is 1.05 bits per heavy atom. The number of carbonyl (C=O) groups excluding carboxylic acids is 2. The quantitative estimate of drug-likeness (QED) is 0.761. The third-order valence-corrected chi connectivity index (χ3v) is 2.94. The number of nitrogens with zero attached hydrogens (tertiary/aromatic N) is 1. The largest absolute Gasteiger partial charge is 0.290 e. The summed E-state index contributed by atoms with van der Waals surface area (Å²) in [6.45, 7) is 3.51. The molecule has 1 aliphatic rings.